The number of halogens is 3. The summed E-state index contributed by atoms with van der Waals surface area (Å²) in [7, 11) is 0. The van der Waals surface area contributed by atoms with E-state index in [1.807, 2.05) is 0 Å². The summed E-state index contributed by atoms with van der Waals surface area (Å²) in [6.07, 6.45) is -1.48. The summed E-state index contributed by atoms with van der Waals surface area (Å²) in [6.45, 7) is 2.27. The van der Waals surface area contributed by atoms with Gasteiger partial charge in [-0.05, 0) is 38.7 Å². The van der Waals surface area contributed by atoms with Crippen LogP contribution in [0.5, 0.6) is 0 Å². The van der Waals surface area contributed by atoms with Crippen LogP contribution in [-0.4, -0.2) is 37.1 Å². The van der Waals surface area contributed by atoms with E-state index in [4.69, 9.17) is 4.52 Å². The van der Waals surface area contributed by atoms with Gasteiger partial charge in [0.25, 0.3) is 5.91 Å². The molecule has 1 saturated carbocycles. The van der Waals surface area contributed by atoms with Gasteiger partial charge in [-0.2, -0.15) is 18.3 Å². The third kappa shape index (κ3) is 3.16. The lowest BCUT2D eigenvalue weighted by Crippen LogP contribution is -2.30. The van der Waals surface area contributed by atoms with E-state index in [1.165, 1.54) is 6.07 Å². The van der Waals surface area contributed by atoms with E-state index >= 15 is 0 Å². The molecule has 0 N–H and O–H groups in total. The van der Waals surface area contributed by atoms with E-state index in [-0.39, 0.29) is 23.3 Å². The van der Waals surface area contributed by atoms with Crippen molar-refractivity contribution in [1.29, 1.82) is 0 Å². The summed E-state index contributed by atoms with van der Waals surface area (Å²) in [6, 6.07) is 3.85. The number of nitrogens with zero attached hydrogens (tertiary/aromatic N) is 5. The fraction of sp³-hybridized carbons (Fsp3) is 0.474. The van der Waals surface area contributed by atoms with Gasteiger partial charge in [-0.15, -0.1) is 0 Å². The van der Waals surface area contributed by atoms with Crippen LogP contribution in [0, 0.1) is 6.92 Å². The molecule has 1 amide bonds. The molecule has 1 unspecified atom stereocenters. The Hall–Kier alpha value is -2.91. The third-order valence-electron chi connectivity index (χ3n) is 5.44. The molecule has 3 aromatic heterocycles. The first-order chi connectivity index (χ1) is 13.8. The van der Waals surface area contributed by atoms with Crippen molar-refractivity contribution >= 4 is 11.6 Å². The van der Waals surface area contributed by atoms with E-state index < -0.39 is 17.8 Å². The highest BCUT2D eigenvalue weighted by atomic mass is 19.4. The number of alkyl halides is 3. The molecule has 4 heterocycles. The highest BCUT2D eigenvalue weighted by Crippen LogP contribution is 2.41. The Morgan fingerprint density at radius 3 is 2.66 bits per heavy atom. The molecule has 0 bridgehead atoms. The van der Waals surface area contributed by atoms with Crippen LogP contribution in [0.2, 0.25) is 0 Å². The maximum Gasteiger partial charge on any atom is 0.433 e. The van der Waals surface area contributed by atoms with Crippen LogP contribution >= 0.6 is 0 Å². The van der Waals surface area contributed by atoms with Crippen molar-refractivity contribution in [2.45, 2.75) is 50.7 Å². The lowest BCUT2D eigenvalue weighted by atomic mass is 10.1. The zero-order chi connectivity index (χ0) is 20.3. The minimum absolute atomic E-state index is 0.0383. The van der Waals surface area contributed by atoms with E-state index in [0.29, 0.717) is 30.1 Å². The molecule has 1 saturated heterocycles. The standard InChI is InChI=1S/C19H18F3N5O2/c1-10-7-15(29-25-10)14-3-2-6-26(14)18(28)13-9-17-23-12(11-4-5-11)8-16(19(20,21)22)27(17)24-13/h7-9,11,14H,2-6H2,1H3. The first kappa shape index (κ1) is 18.1. The van der Waals surface area contributed by atoms with Gasteiger partial charge >= 0.3 is 6.18 Å². The minimum Gasteiger partial charge on any atom is -0.359 e. The van der Waals surface area contributed by atoms with Gasteiger partial charge in [0.05, 0.1) is 11.7 Å². The van der Waals surface area contributed by atoms with E-state index in [1.54, 1.807) is 17.9 Å². The first-order valence-corrected chi connectivity index (χ1v) is 9.53. The average molecular weight is 405 g/mol. The van der Waals surface area contributed by atoms with Gasteiger partial charge in [-0.3, -0.25) is 4.79 Å². The Balaban J connectivity index is 1.53. The summed E-state index contributed by atoms with van der Waals surface area (Å²) in [4.78, 5) is 19.0. The Morgan fingerprint density at radius 1 is 1.21 bits per heavy atom. The van der Waals surface area contributed by atoms with Gasteiger partial charge in [0.2, 0.25) is 0 Å². The first-order valence-electron chi connectivity index (χ1n) is 9.53. The number of rotatable bonds is 3. The summed E-state index contributed by atoms with van der Waals surface area (Å²) >= 11 is 0. The molecule has 1 atom stereocenters. The monoisotopic (exact) mass is 405 g/mol. The maximum atomic E-state index is 13.6. The molecule has 5 rings (SSSR count). The van der Waals surface area contributed by atoms with Gasteiger partial charge < -0.3 is 9.42 Å². The molecule has 152 valence electrons. The Kier molecular flexibility index (Phi) is 3.94. The minimum atomic E-state index is -4.59. The SMILES string of the molecule is Cc1cc(C2CCCN2C(=O)c2cc3nc(C4CC4)cc(C(F)(F)F)n3n2)on1. The van der Waals surface area contributed by atoms with Crippen molar-refractivity contribution in [2.75, 3.05) is 6.54 Å². The van der Waals surface area contributed by atoms with Gasteiger partial charge in [0.1, 0.15) is 5.69 Å². The molecule has 1 aliphatic heterocycles. The number of aryl methyl sites for hydroxylation is 1. The van der Waals surface area contributed by atoms with Crippen LogP contribution in [0.4, 0.5) is 13.2 Å². The second-order valence-corrected chi connectivity index (χ2v) is 7.67. The fourth-order valence-electron chi connectivity index (χ4n) is 3.88. The lowest BCUT2D eigenvalue weighted by molar-refractivity contribution is -0.142. The Morgan fingerprint density at radius 2 is 2.00 bits per heavy atom. The van der Waals surface area contributed by atoms with Crippen molar-refractivity contribution in [1.82, 2.24) is 24.7 Å². The average Bonchev–Trinajstić information content (AvgIpc) is 3.05. The number of amides is 1. The molecule has 1 aliphatic carbocycles. The molecule has 3 aromatic rings. The fourth-order valence-corrected chi connectivity index (χ4v) is 3.88. The molecule has 29 heavy (non-hydrogen) atoms. The molecule has 0 aromatic carbocycles. The van der Waals surface area contributed by atoms with Crippen LogP contribution in [0.25, 0.3) is 5.65 Å². The summed E-state index contributed by atoms with van der Waals surface area (Å²) in [5, 5.41) is 7.84. The summed E-state index contributed by atoms with van der Waals surface area (Å²) in [5.41, 5.74) is 0.182. The van der Waals surface area contributed by atoms with Crippen molar-refractivity contribution in [3.63, 3.8) is 0 Å². The molecule has 0 spiro atoms. The van der Waals surface area contributed by atoms with Gasteiger partial charge in [-0.25, -0.2) is 9.50 Å². The molecule has 0 radical (unpaired) electrons. The van der Waals surface area contributed by atoms with Crippen LogP contribution in [0.3, 0.4) is 0 Å². The van der Waals surface area contributed by atoms with E-state index in [0.717, 1.165) is 29.8 Å². The number of carbonyl (C=O) groups excluding carboxylic acids is 1. The van der Waals surface area contributed by atoms with Crippen molar-refractivity contribution in [3.8, 4) is 0 Å². The van der Waals surface area contributed by atoms with Crippen LogP contribution in [0.15, 0.2) is 22.7 Å². The molecular formula is C19H18F3N5O2. The highest BCUT2D eigenvalue weighted by molar-refractivity contribution is 5.93. The maximum absolute atomic E-state index is 13.6. The molecular weight excluding hydrogens is 387 g/mol. The van der Waals surface area contributed by atoms with Crippen LogP contribution < -0.4 is 0 Å². The zero-order valence-electron chi connectivity index (χ0n) is 15.6. The van der Waals surface area contributed by atoms with E-state index in [2.05, 4.69) is 15.2 Å². The van der Waals surface area contributed by atoms with Crippen LogP contribution in [0.1, 0.15) is 71.0 Å². The number of hydrogen-bond donors (Lipinski definition) is 0. The normalized spacial score (nSPS) is 20.0. The lowest BCUT2D eigenvalue weighted by Gasteiger charge is -2.21. The van der Waals surface area contributed by atoms with Crippen molar-refractivity contribution < 1.29 is 22.5 Å². The largest absolute Gasteiger partial charge is 0.433 e. The molecule has 2 fully saturated rings. The zero-order valence-corrected chi connectivity index (χ0v) is 15.6. The Bertz CT molecular complexity index is 1100. The van der Waals surface area contributed by atoms with E-state index in [9.17, 15) is 18.0 Å². The number of carbonyl (C=O) groups is 1. The van der Waals surface area contributed by atoms with Crippen molar-refractivity contribution in [3.05, 3.63) is 46.7 Å². The number of hydrogen-bond acceptors (Lipinski definition) is 5. The number of fused-ring (bicyclic) bond motifs is 1. The van der Waals surface area contributed by atoms with Gasteiger partial charge in [0.15, 0.2) is 17.1 Å². The Labute approximate surface area is 163 Å². The highest BCUT2D eigenvalue weighted by Gasteiger charge is 2.39. The summed E-state index contributed by atoms with van der Waals surface area (Å²) in [5.74, 6) is 0.184. The molecule has 10 heteroatoms. The molecule has 7 nitrogen and oxygen atoms in total. The number of likely N-dealkylation sites (tertiary alicyclic amines) is 1. The molecule has 2 aliphatic rings. The quantitative estimate of drug-likeness (QED) is 0.661. The smallest absolute Gasteiger partial charge is 0.359 e. The van der Waals surface area contributed by atoms with Gasteiger partial charge in [-0.1, -0.05) is 5.16 Å². The predicted molar refractivity (Wildman–Crippen MR) is 94.2 cm³/mol. The second-order valence-electron chi connectivity index (χ2n) is 7.67. The topological polar surface area (TPSA) is 76.5 Å². The predicted octanol–water partition coefficient (Wildman–Crippen LogP) is 3.90. The van der Waals surface area contributed by atoms with Crippen LogP contribution in [-0.2, 0) is 6.18 Å². The third-order valence-corrected chi connectivity index (χ3v) is 5.44. The second kappa shape index (κ2) is 6.30. The number of aromatic nitrogens is 4. The van der Waals surface area contributed by atoms with Crippen molar-refractivity contribution in [2.24, 2.45) is 0 Å². The summed E-state index contributed by atoms with van der Waals surface area (Å²) < 4.78 is 46.8. The van der Waals surface area contributed by atoms with Gasteiger partial charge in [0, 0.05) is 30.3 Å².